The van der Waals surface area contributed by atoms with Gasteiger partial charge in [-0.2, -0.15) is 0 Å². The second kappa shape index (κ2) is 8.99. The maximum absolute atomic E-state index is 9.41. The van der Waals surface area contributed by atoms with Crippen LogP contribution in [0.2, 0.25) is 0 Å². The quantitative estimate of drug-likeness (QED) is 0.858. The number of benzene rings is 1. The van der Waals surface area contributed by atoms with E-state index in [1.807, 2.05) is 30.5 Å². The van der Waals surface area contributed by atoms with E-state index >= 15 is 0 Å². The van der Waals surface area contributed by atoms with E-state index in [4.69, 9.17) is 4.98 Å². The summed E-state index contributed by atoms with van der Waals surface area (Å²) in [5.74, 6) is 1.85. The number of hydrogen-bond donors (Lipinski definition) is 1. The SMILES string of the molecule is Cl.Cl.OCCC1CN(c2cnc3ccccc3n2)CCN1CC1CC1. The Morgan fingerprint density at radius 1 is 1.08 bits per heavy atom. The lowest BCUT2D eigenvalue weighted by Crippen LogP contribution is -2.54. The Bertz CT molecular complexity index is 683. The number of aliphatic hydroxyl groups excluding tert-OH is 1. The highest BCUT2D eigenvalue weighted by Crippen LogP contribution is 2.31. The summed E-state index contributed by atoms with van der Waals surface area (Å²) in [7, 11) is 0. The molecule has 1 aromatic heterocycles. The topological polar surface area (TPSA) is 52.5 Å². The molecule has 2 aromatic rings. The molecule has 1 N–H and O–H groups in total. The summed E-state index contributed by atoms with van der Waals surface area (Å²) < 4.78 is 0. The van der Waals surface area contributed by atoms with Crippen LogP contribution >= 0.6 is 24.8 Å². The first-order valence-corrected chi connectivity index (χ1v) is 8.65. The van der Waals surface area contributed by atoms with Gasteiger partial charge in [0, 0.05) is 38.8 Å². The predicted molar refractivity (Wildman–Crippen MR) is 106 cm³/mol. The average Bonchev–Trinajstić information content (AvgIpc) is 3.40. The van der Waals surface area contributed by atoms with Gasteiger partial charge >= 0.3 is 0 Å². The molecule has 25 heavy (non-hydrogen) atoms. The van der Waals surface area contributed by atoms with Gasteiger partial charge in [0.2, 0.25) is 0 Å². The lowest BCUT2D eigenvalue weighted by Gasteiger charge is -2.42. The van der Waals surface area contributed by atoms with Crippen LogP contribution in [0.15, 0.2) is 30.5 Å². The van der Waals surface area contributed by atoms with Gasteiger partial charge in [-0.25, -0.2) is 4.98 Å². The van der Waals surface area contributed by atoms with Crippen LogP contribution in [-0.4, -0.2) is 58.8 Å². The number of fused-ring (bicyclic) bond motifs is 1. The number of hydrogen-bond acceptors (Lipinski definition) is 5. The Kier molecular flexibility index (Phi) is 7.25. The second-order valence-electron chi connectivity index (χ2n) is 6.77. The highest BCUT2D eigenvalue weighted by molar-refractivity contribution is 5.85. The first-order chi connectivity index (χ1) is 11.3. The van der Waals surface area contributed by atoms with Crippen LogP contribution in [0.25, 0.3) is 11.0 Å². The van der Waals surface area contributed by atoms with Gasteiger partial charge in [-0.05, 0) is 37.3 Å². The minimum Gasteiger partial charge on any atom is -0.396 e. The maximum Gasteiger partial charge on any atom is 0.147 e. The predicted octanol–water partition coefficient (Wildman–Crippen LogP) is 2.76. The number of para-hydroxylation sites is 2. The minimum absolute atomic E-state index is 0. The van der Waals surface area contributed by atoms with E-state index in [0.717, 1.165) is 48.8 Å². The lowest BCUT2D eigenvalue weighted by atomic mass is 10.1. The standard InChI is InChI=1S/C18H24N4O.2ClH/c23-10-7-15-13-22(9-8-21(15)12-14-5-6-14)18-11-19-16-3-1-2-4-17(16)20-18;;/h1-4,11,14-15,23H,5-10,12-13H2;2*1H. The molecule has 1 atom stereocenters. The Hall–Kier alpha value is -1.14. The Morgan fingerprint density at radius 2 is 1.84 bits per heavy atom. The minimum atomic E-state index is 0. The van der Waals surface area contributed by atoms with Crippen LogP contribution < -0.4 is 4.90 Å². The maximum atomic E-state index is 9.41. The van der Waals surface area contributed by atoms with Crippen molar-refractivity contribution >= 4 is 41.7 Å². The van der Waals surface area contributed by atoms with Crippen molar-refractivity contribution in [2.45, 2.75) is 25.3 Å². The molecule has 1 aliphatic carbocycles. The van der Waals surface area contributed by atoms with Gasteiger partial charge in [0.05, 0.1) is 17.2 Å². The van der Waals surface area contributed by atoms with Gasteiger partial charge in [0.15, 0.2) is 0 Å². The zero-order valence-corrected chi connectivity index (χ0v) is 15.9. The summed E-state index contributed by atoms with van der Waals surface area (Å²) in [5, 5.41) is 9.41. The molecule has 2 fully saturated rings. The molecule has 0 radical (unpaired) electrons. The molecule has 1 saturated heterocycles. The van der Waals surface area contributed by atoms with Gasteiger partial charge in [-0.3, -0.25) is 9.88 Å². The molecular formula is C18H26Cl2N4O. The van der Waals surface area contributed by atoms with E-state index in [1.54, 1.807) is 0 Å². The largest absolute Gasteiger partial charge is 0.396 e. The van der Waals surface area contributed by atoms with E-state index in [0.29, 0.717) is 6.04 Å². The van der Waals surface area contributed by atoms with Crippen molar-refractivity contribution in [2.75, 3.05) is 37.7 Å². The number of anilines is 1. The first-order valence-electron chi connectivity index (χ1n) is 8.65. The van der Waals surface area contributed by atoms with E-state index in [9.17, 15) is 5.11 Å². The van der Waals surface area contributed by atoms with Crippen LogP contribution in [0.4, 0.5) is 5.82 Å². The van der Waals surface area contributed by atoms with Crippen LogP contribution in [0.1, 0.15) is 19.3 Å². The smallest absolute Gasteiger partial charge is 0.147 e. The number of piperazine rings is 1. The first kappa shape index (κ1) is 20.2. The van der Waals surface area contributed by atoms with E-state index in [1.165, 1.54) is 19.4 Å². The molecule has 1 aromatic carbocycles. The normalized spacial score (nSPS) is 20.8. The number of rotatable bonds is 5. The van der Waals surface area contributed by atoms with Crippen molar-refractivity contribution < 1.29 is 5.11 Å². The molecule has 1 unspecified atom stereocenters. The summed E-state index contributed by atoms with van der Waals surface area (Å²) in [6, 6.07) is 8.42. The van der Waals surface area contributed by atoms with Crippen molar-refractivity contribution in [2.24, 2.45) is 5.92 Å². The van der Waals surface area contributed by atoms with Gasteiger partial charge < -0.3 is 10.0 Å². The van der Waals surface area contributed by atoms with Crippen molar-refractivity contribution in [3.8, 4) is 0 Å². The highest BCUT2D eigenvalue weighted by atomic mass is 35.5. The van der Waals surface area contributed by atoms with E-state index in [-0.39, 0.29) is 31.4 Å². The molecule has 0 amide bonds. The van der Waals surface area contributed by atoms with Crippen LogP contribution in [0.5, 0.6) is 0 Å². The Morgan fingerprint density at radius 3 is 2.56 bits per heavy atom. The molecule has 5 nitrogen and oxygen atoms in total. The number of halogens is 2. The Labute approximate surface area is 161 Å². The summed E-state index contributed by atoms with van der Waals surface area (Å²) in [5.41, 5.74) is 1.89. The van der Waals surface area contributed by atoms with E-state index < -0.39 is 0 Å². The molecular weight excluding hydrogens is 359 g/mol. The average molecular weight is 385 g/mol. The zero-order valence-electron chi connectivity index (χ0n) is 14.3. The van der Waals surface area contributed by atoms with Gasteiger partial charge in [-0.15, -0.1) is 24.8 Å². The molecule has 138 valence electrons. The molecule has 0 spiro atoms. The fraction of sp³-hybridized carbons (Fsp3) is 0.556. The number of nitrogens with zero attached hydrogens (tertiary/aromatic N) is 4. The molecule has 2 aliphatic rings. The summed E-state index contributed by atoms with van der Waals surface area (Å²) in [6.45, 7) is 4.42. The van der Waals surface area contributed by atoms with Crippen molar-refractivity contribution in [1.82, 2.24) is 14.9 Å². The van der Waals surface area contributed by atoms with Gasteiger partial charge in [-0.1, -0.05) is 12.1 Å². The van der Waals surface area contributed by atoms with Gasteiger partial charge in [0.1, 0.15) is 5.82 Å². The zero-order chi connectivity index (χ0) is 15.6. The third kappa shape index (κ3) is 4.73. The summed E-state index contributed by atoms with van der Waals surface area (Å²) in [4.78, 5) is 14.2. The molecule has 4 rings (SSSR count). The number of aliphatic hydroxyl groups is 1. The lowest BCUT2D eigenvalue weighted by molar-refractivity contribution is 0.137. The van der Waals surface area contributed by atoms with Crippen molar-refractivity contribution in [1.29, 1.82) is 0 Å². The van der Waals surface area contributed by atoms with Crippen LogP contribution in [0.3, 0.4) is 0 Å². The molecule has 1 saturated carbocycles. The molecule has 2 heterocycles. The summed E-state index contributed by atoms with van der Waals surface area (Å²) >= 11 is 0. The number of aromatic nitrogens is 2. The van der Waals surface area contributed by atoms with Crippen LogP contribution in [-0.2, 0) is 0 Å². The van der Waals surface area contributed by atoms with Crippen molar-refractivity contribution in [3.63, 3.8) is 0 Å². The fourth-order valence-corrected chi connectivity index (χ4v) is 3.50. The van der Waals surface area contributed by atoms with E-state index in [2.05, 4.69) is 14.8 Å². The third-order valence-electron chi connectivity index (χ3n) is 5.02. The Balaban J connectivity index is 0.00000113. The fourth-order valence-electron chi connectivity index (χ4n) is 3.50. The van der Waals surface area contributed by atoms with Crippen LogP contribution in [0, 0.1) is 5.92 Å². The third-order valence-corrected chi connectivity index (χ3v) is 5.02. The van der Waals surface area contributed by atoms with Gasteiger partial charge in [0.25, 0.3) is 0 Å². The monoisotopic (exact) mass is 384 g/mol. The second-order valence-corrected chi connectivity index (χ2v) is 6.77. The molecule has 7 heteroatoms. The highest BCUT2D eigenvalue weighted by Gasteiger charge is 2.32. The summed E-state index contributed by atoms with van der Waals surface area (Å²) in [6.07, 6.45) is 5.48. The molecule has 1 aliphatic heterocycles. The molecule has 0 bridgehead atoms. The van der Waals surface area contributed by atoms with Crippen molar-refractivity contribution in [3.05, 3.63) is 30.5 Å².